The Bertz CT molecular complexity index is 517. The standard InChI is InChI=1S/C17H26N2O3/c1-17(2,3)22-16(21)19-15-7-6-14(20)10-13(15)9-12-5-4-8-18-11-12/h6-7,10,12,18,20H,4-5,8-9,11H2,1-3H3,(H,19,21). The normalized spacial score (nSPS) is 18.8. The predicted octanol–water partition coefficient (Wildman–Crippen LogP) is 3.28. The molecule has 0 radical (unpaired) electrons. The van der Waals surface area contributed by atoms with Crippen molar-refractivity contribution in [2.75, 3.05) is 18.4 Å². The van der Waals surface area contributed by atoms with Crippen molar-refractivity contribution >= 4 is 11.8 Å². The number of aromatic hydroxyl groups is 1. The van der Waals surface area contributed by atoms with Crippen LogP contribution in [0.2, 0.25) is 0 Å². The molecule has 1 atom stereocenters. The smallest absolute Gasteiger partial charge is 0.412 e. The lowest BCUT2D eigenvalue weighted by Crippen LogP contribution is -2.31. The quantitative estimate of drug-likeness (QED) is 0.750. The molecule has 0 aromatic heterocycles. The maximum Gasteiger partial charge on any atom is 0.412 e. The molecule has 5 nitrogen and oxygen atoms in total. The van der Waals surface area contributed by atoms with Crippen LogP contribution in [0.4, 0.5) is 10.5 Å². The van der Waals surface area contributed by atoms with Crippen LogP contribution in [0.1, 0.15) is 39.2 Å². The van der Waals surface area contributed by atoms with Crippen molar-refractivity contribution in [2.24, 2.45) is 5.92 Å². The molecule has 1 saturated heterocycles. The number of hydrogen-bond donors (Lipinski definition) is 3. The number of rotatable bonds is 3. The van der Waals surface area contributed by atoms with Crippen LogP contribution in [0.3, 0.4) is 0 Å². The van der Waals surface area contributed by atoms with E-state index in [2.05, 4.69) is 10.6 Å². The highest BCUT2D eigenvalue weighted by Gasteiger charge is 2.19. The Kier molecular flexibility index (Phi) is 5.29. The third kappa shape index (κ3) is 5.22. The van der Waals surface area contributed by atoms with E-state index in [1.807, 2.05) is 20.8 Å². The highest BCUT2D eigenvalue weighted by atomic mass is 16.6. The largest absolute Gasteiger partial charge is 0.508 e. The number of phenolic OH excluding ortho intramolecular Hbond substituents is 1. The molecule has 0 saturated carbocycles. The molecule has 122 valence electrons. The minimum absolute atomic E-state index is 0.216. The number of ether oxygens (including phenoxy) is 1. The summed E-state index contributed by atoms with van der Waals surface area (Å²) in [6.07, 6.45) is 2.68. The van der Waals surface area contributed by atoms with Crippen molar-refractivity contribution in [3.63, 3.8) is 0 Å². The summed E-state index contributed by atoms with van der Waals surface area (Å²) in [5, 5.41) is 15.9. The summed E-state index contributed by atoms with van der Waals surface area (Å²) in [7, 11) is 0. The lowest BCUT2D eigenvalue weighted by molar-refractivity contribution is 0.0635. The monoisotopic (exact) mass is 306 g/mol. The van der Waals surface area contributed by atoms with Crippen molar-refractivity contribution in [1.29, 1.82) is 0 Å². The summed E-state index contributed by atoms with van der Waals surface area (Å²) in [5.41, 5.74) is 1.12. The van der Waals surface area contributed by atoms with Crippen LogP contribution in [-0.2, 0) is 11.2 Å². The number of hydrogen-bond acceptors (Lipinski definition) is 4. The molecule has 0 spiro atoms. The lowest BCUT2D eigenvalue weighted by Gasteiger charge is -2.24. The molecular weight excluding hydrogens is 280 g/mol. The molecule has 22 heavy (non-hydrogen) atoms. The molecule has 1 unspecified atom stereocenters. The van der Waals surface area contributed by atoms with E-state index in [1.165, 1.54) is 0 Å². The van der Waals surface area contributed by atoms with Gasteiger partial charge < -0.3 is 15.2 Å². The third-order valence-electron chi connectivity index (χ3n) is 3.63. The fourth-order valence-electron chi connectivity index (χ4n) is 2.69. The first-order chi connectivity index (χ1) is 10.3. The number of carbonyl (C=O) groups excluding carboxylic acids is 1. The Balaban J connectivity index is 2.08. The van der Waals surface area contributed by atoms with E-state index in [0.29, 0.717) is 11.6 Å². The van der Waals surface area contributed by atoms with Gasteiger partial charge in [-0.3, -0.25) is 5.32 Å². The van der Waals surface area contributed by atoms with Gasteiger partial charge in [0.25, 0.3) is 0 Å². The van der Waals surface area contributed by atoms with E-state index < -0.39 is 11.7 Å². The van der Waals surface area contributed by atoms with Gasteiger partial charge in [-0.05, 0) is 82.8 Å². The SMILES string of the molecule is CC(C)(C)OC(=O)Nc1ccc(O)cc1CC1CCCNC1. The van der Waals surface area contributed by atoms with Crippen molar-refractivity contribution in [1.82, 2.24) is 5.32 Å². The average Bonchev–Trinajstić information content (AvgIpc) is 2.41. The van der Waals surface area contributed by atoms with Crippen LogP contribution in [0.25, 0.3) is 0 Å². The molecule has 1 aromatic rings. The molecular formula is C17H26N2O3. The van der Waals surface area contributed by atoms with Gasteiger partial charge in [-0.2, -0.15) is 0 Å². The van der Waals surface area contributed by atoms with Crippen LogP contribution in [0.5, 0.6) is 5.75 Å². The summed E-state index contributed by atoms with van der Waals surface area (Å²) < 4.78 is 5.29. The number of anilines is 1. The number of benzene rings is 1. The molecule has 1 heterocycles. The number of phenols is 1. The Labute approximate surface area is 132 Å². The second-order valence-corrected chi connectivity index (χ2v) is 6.88. The summed E-state index contributed by atoms with van der Waals surface area (Å²) in [6, 6.07) is 5.03. The van der Waals surface area contributed by atoms with Gasteiger partial charge in [-0.25, -0.2) is 4.79 Å². The zero-order valence-corrected chi connectivity index (χ0v) is 13.6. The highest BCUT2D eigenvalue weighted by Crippen LogP contribution is 2.26. The second kappa shape index (κ2) is 7.01. The minimum atomic E-state index is -0.533. The zero-order valence-electron chi connectivity index (χ0n) is 13.6. The predicted molar refractivity (Wildman–Crippen MR) is 87.3 cm³/mol. The van der Waals surface area contributed by atoms with Crippen molar-refractivity contribution in [3.05, 3.63) is 23.8 Å². The van der Waals surface area contributed by atoms with E-state index >= 15 is 0 Å². The van der Waals surface area contributed by atoms with Crippen LogP contribution in [0.15, 0.2) is 18.2 Å². The molecule has 5 heteroatoms. The fraction of sp³-hybridized carbons (Fsp3) is 0.588. The molecule has 3 N–H and O–H groups in total. The molecule has 0 bridgehead atoms. The van der Waals surface area contributed by atoms with Crippen LogP contribution in [0, 0.1) is 5.92 Å². The second-order valence-electron chi connectivity index (χ2n) is 6.88. The summed E-state index contributed by atoms with van der Waals surface area (Å²) in [6.45, 7) is 7.54. The number of carbonyl (C=O) groups is 1. The van der Waals surface area contributed by atoms with Crippen molar-refractivity contribution in [2.45, 2.75) is 45.6 Å². The first-order valence-electron chi connectivity index (χ1n) is 7.86. The van der Waals surface area contributed by atoms with Gasteiger partial charge in [0, 0.05) is 5.69 Å². The number of amides is 1. The molecule has 1 aliphatic rings. The lowest BCUT2D eigenvalue weighted by atomic mass is 9.91. The molecule has 1 fully saturated rings. The first kappa shape index (κ1) is 16.6. The van der Waals surface area contributed by atoms with Crippen molar-refractivity contribution < 1.29 is 14.6 Å². The Morgan fingerprint density at radius 2 is 2.23 bits per heavy atom. The van der Waals surface area contributed by atoms with Crippen molar-refractivity contribution in [3.8, 4) is 5.75 Å². The van der Waals surface area contributed by atoms with E-state index in [1.54, 1.807) is 18.2 Å². The van der Waals surface area contributed by atoms with Gasteiger partial charge in [-0.1, -0.05) is 0 Å². The molecule has 1 aromatic carbocycles. The van der Waals surface area contributed by atoms with E-state index in [9.17, 15) is 9.90 Å². The fourth-order valence-corrected chi connectivity index (χ4v) is 2.69. The van der Waals surface area contributed by atoms with Gasteiger partial charge in [0.05, 0.1) is 0 Å². The Morgan fingerprint density at radius 3 is 2.86 bits per heavy atom. The minimum Gasteiger partial charge on any atom is -0.508 e. The maximum absolute atomic E-state index is 11.9. The number of nitrogens with one attached hydrogen (secondary N) is 2. The molecule has 0 aliphatic carbocycles. The van der Waals surface area contributed by atoms with Gasteiger partial charge in [0.1, 0.15) is 11.4 Å². The topological polar surface area (TPSA) is 70.6 Å². The van der Waals surface area contributed by atoms with Crippen LogP contribution < -0.4 is 10.6 Å². The molecule has 1 amide bonds. The van der Waals surface area contributed by atoms with E-state index in [-0.39, 0.29) is 5.75 Å². The van der Waals surface area contributed by atoms with Gasteiger partial charge in [0.15, 0.2) is 0 Å². The number of piperidine rings is 1. The average molecular weight is 306 g/mol. The molecule has 2 rings (SSSR count). The zero-order chi connectivity index (χ0) is 16.2. The summed E-state index contributed by atoms with van der Waals surface area (Å²) in [4.78, 5) is 11.9. The summed E-state index contributed by atoms with van der Waals surface area (Å²) >= 11 is 0. The molecule has 1 aliphatic heterocycles. The highest BCUT2D eigenvalue weighted by molar-refractivity contribution is 5.86. The van der Waals surface area contributed by atoms with E-state index in [0.717, 1.165) is 37.9 Å². The van der Waals surface area contributed by atoms with Crippen LogP contribution >= 0.6 is 0 Å². The van der Waals surface area contributed by atoms with Gasteiger partial charge in [-0.15, -0.1) is 0 Å². The third-order valence-corrected chi connectivity index (χ3v) is 3.63. The van der Waals surface area contributed by atoms with Gasteiger partial charge in [0.2, 0.25) is 0 Å². The first-order valence-corrected chi connectivity index (χ1v) is 7.86. The van der Waals surface area contributed by atoms with E-state index in [4.69, 9.17) is 4.74 Å². The van der Waals surface area contributed by atoms with Gasteiger partial charge >= 0.3 is 6.09 Å². The van der Waals surface area contributed by atoms with Crippen LogP contribution in [-0.4, -0.2) is 29.9 Å². The Hall–Kier alpha value is -1.75. The Morgan fingerprint density at radius 1 is 1.45 bits per heavy atom. The maximum atomic E-state index is 11.9. The summed E-state index contributed by atoms with van der Waals surface area (Å²) in [5.74, 6) is 0.739.